The number of benzene rings is 3. The van der Waals surface area contributed by atoms with E-state index in [1.807, 2.05) is 28.0 Å². The van der Waals surface area contributed by atoms with Gasteiger partial charge in [-0.15, -0.1) is 0 Å². The SMILES string of the molecule is CC1(C)[C@H](Oc2ccc(C#N)c(Cl)c2)C(C)(C)[C@H]1N1Cc2cc(C#CC3CCN(c4cc5c(cc4F)C(=O)N(C4CCC(=O)NC4=O)C5=O)CC3)ccc2C1=O. The maximum atomic E-state index is 15.4. The summed E-state index contributed by atoms with van der Waals surface area (Å²) in [6.45, 7) is 9.85. The number of carbonyl (C=O) groups excluding carboxylic acids is 5. The fourth-order valence-corrected chi connectivity index (χ4v) is 10.0. The number of imide groups is 2. The second-order valence-corrected chi connectivity index (χ2v) is 16.8. The maximum Gasteiger partial charge on any atom is 0.262 e. The van der Waals surface area contributed by atoms with Crippen molar-refractivity contribution in [3.05, 3.63) is 92.8 Å². The molecule has 5 aliphatic rings. The number of hydrogen-bond donors (Lipinski definition) is 1. The van der Waals surface area contributed by atoms with Crippen LogP contribution >= 0.6 is 11.6 Å². The second kappa shape index (κ2) is 13.5. The summed E-state index contributed by atoms with van der Waals surface area (Å²) in [5.74, 6) is 4.03. The first-order valence-corrected chi connectivity index (χ1v) is 19.1. The number of fused-ring (bicyclic) bond motifs is 2. The number of anilines is 1. The number of nitriles is 1. The van der Waals surface area contributed by atoms with E-state index in [4.69, 9.17) is 16.3 Å². The molecule has 13 heteroatoms. The van der Waals surface area contributed by atoms with Crippen molar-refractivity contribution in [3.8, 4) is 23.7 Å². The van der Waals surface area contributed by atoms with E-state index in [2.05, 4.69) is 50.9 Å². The Morgan fingerprint density at radius 2 is 1.57 bits per heavy atom. The number of carbonyl (C=O) groups is 5. The zero-order valence-electron chi connectivity index (χ0n) is 31.4. The summed E-state index contributed by atoms with van der Waals surface area (Å²) in [7, 11) is 0. The van der Waals surface area contributed by atoms with Gasteiger partial charge in [0.05, 0.1) is 27.4 Å². The lowest BCUT2D eigenvalue weighted by molar-refractivity contribution is -0.199. The molecule has 8 rings (SSSR count). The van der Waals surface area contributed by atoms with E-state index in [1.54, 1.807) is 18.2 Å². The predicted octanol–water partition coefficient (Wildman–Crippen LogP) is 5.86. The van der Waals surface area contributed by atoms with Crippen molar-refractivity contribution in [1.82, 2.24) is 15.1 Å². The Morgan fingerprint density at radius 3 is 2.23 bits per heavy atom. The fourth-order valence-electron chi connectivity index (χ4n) is 9.81. The van der Waals surface area contributed by atoms with E-state index >= 15 is 4.39 Å². The number of nitrogens with one attached hydrogen (secondary N) is 1. The molecule has 3 fully saturated rings. The van der Waals surface area contributed by atoms with Gasteiger partial charge < -0.3 is 14.5 Å². The normalized spacial score (nSPS) is 23.8. The lowest BCUT2D eigenvalue weighted by Gasteiger charge is -2.65. The molecule has 286 valence electrons. The van der Waals surface area contributed by atoms with E-state index in [0.717, 1.165) is 22.1 Å². The minimum absolute atomic E-state index is 0.000521. The van der Waals surface area contributed by atoms with E-state index < -0.39 is 35.5 Å². The molecular formula is C43H39ClFN5O6. The molecule has 3 aromatic rings. The molecule has 1 atom stereocenters. The van der Waals surface area contributed by atoms with Crippen molar-refractivity contribution in [1.29, 1.82) is 5.26 Å². The van der Waals surface area contributed by atoms with Crippen molar-refractivity contribution in [2.45, 2.75) is 78.1 Å². The van der Waals surface area contributed by atoms with Crippen LogP contribution in [-0.2, 0) is 16.1 Å². The lowest BCUT2D eigenvalue weighted by Crippen LogP contribution is -2.74. The van der Waals surface area contributed by atoms with Gasteiger partial charge in [0.2, 0.25) is 11.8 Å². The fraction of sp³-hybridized carbons (Fsp3) is 0.395. The first kappa shape index (κ1) is 37.2. The van der Waals surface area contributed by atoms with Crippen LogP contribution in [0.25, 0.3) is 0 Å². The molecule has 3 aromatic carbocycles. The molecule has 0 bridgehead atoms. The number of rotatable bonds is 5. The van der Waals surface area contributed by atoms with Crippen molar-refractivity contribution in [3.63, 3.8) is 0 Å². The average Bonchev–Trinajstić information content (AvgIpc) is 3.59. The van der Waals surface area contributed by atoms with Gasteiger partial charge in [0.25, 0.3) is 17.7 Å². The molecular weight excluding hydrogens is 737 g/mol. The number of piperidine rings is 2. The van der Waals surface area contributed by atoms with Gasteiger partial charge in [-0.2, -0.15) is 5.26 Å². The summed E-state index contributed by atoms with van der Waals surface area (Å²) in [5.41, 5.74) is 2.16. The van der Waals surface area contributed by atoms with Gasteiger partial charge in [-0.25, -0.2) is 4.39 Å². The van der Waals surface area contributed by atoms with Crippen molar-refractivity contribution >= 4 is 46.8 Å². The summed E-state index contributed by atoms with van der Waals surface area (Å²) >= 11 is 6.27. The van der Waals surface area contributed by atoms with Crippen LogP contribution in [0, 0.1) is 45.7 Å². The van der Waals surface area contributed by atoms with Crippen LogP contribution in [0.1, 0.15) is 101 Å². The molecule has 1 saturated carbocycles. The highest BCUT2D eigenvalue weighted by molar-refractivity contribution is 6.31. The average molecular weight is 776 g/mol. The monoisotopic (exact) mass is 775 g/mol. The Morgan fingerprint density at radius 1 is 0.875 bits per heavy atom. The summed E-state index contributed by atoms with van der Waals surface area (Å²) in [4.78, 5) is 68.8. The summed E-state index contributed by atoms with van der Waals surface area (Å²) < 4.78 is 21.9. The largest absolute Gasteiger partial charge is 0.489 e. The highest BCUT2D eigenvalue weighted by Crippen LogP contribution is 2.59. The Balaban J connectivity index is 0.908. The molecule has 4 heterocycles. The highest BCUT2D eigenvalue weighted by Gasteiger charge is 2.67. The van der Waals surface area contributed by atoms with E-state index in [0.29, 0.717) is 54.4 Å². The maximum absolute atomic E-state index is 15.4. The minimum atomic E-state index is -1.12. The summed E-state index contributed by atoms with van der Waals surface area (Å²) in [6.07, 6.45) is 1.12. The smallest absolute Gasteiger partial charge is 0.262 e. The van der Waals surface area contributed by atoms with Gasteiger partial charge >= 0.3 is 0 Å². The van der Waals surface area contributed by atoms with Crippen LogP contribution in [0.4, 0.5) is 10.1 Å². The Kier molecular flexibility index (Phi) is 8.96. The van der Waals surface area contributed by atoms with Gasteiger partial charge in [0, 0.05) is 66.0 Å². The van der Waals surface area contributed by atoms with Crippen LogP contribution in [0.15, 0.2) is 48.5 Å². The number of amides is 5. The molecule has 0 spiro atoms. The van der Waals surface area contributed by atoms with Crippen LogP contribution < -0.4 is 15.0 Å². The first-order chi connectivity index (χ1) is 26.6. The molecule has 0 radical (unpaired) electrons. The number of ether oxygens (including phenoxy) is 1. The second-order valence-electron chi connectivity index (χ2n) is 16.4. The van der Waals surface area contributed by atoms with Gasteiger partial charge in [-0.05, 0) is 67.3 Å². The third-order valence-corrected chi connectivity index (χ3v) is 12.4. The standard InChI is InChI=1S/C43H39ClFN5O6/c1-42(2)40(43(3,4)41(42)56-27-9-8-25(21-46)31(44)18-27)49-22-26-17-24(7-10-28(26)37(49)53)6-5-23-13-15-48(16-14-23)34-20-30-29(19-32(34)45)38(54)50(39(30)55)33-11-12-35(51)47-36(33)52/h7-10,17-20,23,33,40-41H,11-16,22H2,1-4H3,(H,47,51,52)/t33?,40-,41-. The Bertz CT molecular complexity index is 2350. The molecule has 1 aliphatic carbocycles. The number of hydrogen-bond acceptors (Lipinski definition) is 8. The Labute approximate surface area is 328 Å². The topological polar surface area (TPSA) is 140 Å². The quantitative estimate of drug-likeness (QED) is 0.251. The van der Waals surface area contributed by atoms with Gasteiger partial charge in [0.1, 0.15) is 29.8 Å². The zero-order chi connectivity index (χ0) is 39.8. The summed E-state index contributed by atoms with van der Waals surface area (Å²) in [5, 5.41) is 11.7. The summed E-state index contributed by atoms with van der Waals surface area (Å²) in [6, 6.07) is 14.0. The van der Waals surface area contributed by atoms with Gasteiger partial charge in [-0.1, -0.05) is 51.1 Å². The van der Waals surface area contributed by atoms with Crippen molar-refractivity contribution in [2.75, 3.05) is 18.0 Å². The predicted molar refractivity (Wildman–Crippen MR) is 203 cm³/mol. The number of halogens is 2. The molecule has 1 unspecified atom stereocenters. The van der Waals surface area contributed by atoms with Crippen LogP contribution in [-0.4, -0.2) is 70.6 Å². The van der Waals surface area contributed by atoms with Crippen LogP contribution in [0.5, 0.6) is 5.75 Å². The molecule has 2 saturated heterocycles. The zero-order valence-corrected chi connectivity index (χ0v) is 32.1. The first-order valence-electron chi connectivity index (χ1n) is 18.7. The minimum Gasteiger partial charge on any atom is -0.489 e. The highest BCUT2D eigenvalue weighted by atomic mass is 35.5. The van der Waals surface area contributed by atoms with E-state index in [1.165, 1.54) is 6.07 Å². The van der Waals surface area contributed by atoms with Gasteiger partial charge in [0.15, 0.2) is 0 Å². The molecule has 0 aromatic heterocycles. The van der Waals surface area contributed by atoms with Crippen LogP contribution in [0.3, 0.4) is 0 Å². The Hall–Kier alpha value is -5.72. The third kappa shape index (κ3) is 5.99. The molecule has 4 aliphatic heterocycles. The van der Waals surface area contributed by atoms with Crippen LogP contribution in [0.2, 0.25) is 5.02 Å². The van der Waals surface area contributed by atoms with Gasteiger partial charge in [-0.3, -0.25) is 34.2 Å². The van der Waals surface area contributed by atoms with Crippen molar-refractivity contribution in [2.24, 2.45) is 16.7 Å². The third-order valence-electron chi connectivity index (χ3n) is 12.1. The molecule has 5 amide bonds. The molecule has 11 nitrogen and oxygen atoms in total. The molecule has 1 N–H and O–H groups in total. The number of nitrogens with zero attached hydrogens (tertiary/aromatic N) is 4. The van der Waals surface area contributed by atoms with E-state index in [9.17, 15) is 29.2 Å². The van der Waals surface area contributed by atoms with Crippen molar-refractivity contribution < 1.29 is 33.1 Å². The molecule has 56 heavy (non-hydrogen) atoms. The van der Waals surface area contributed by atoms with E-state index in [-0.39, 0.29) is 64.5 Å². The lowest BCUT2D eigenvalue weighted by atomic mass is 9.49.